The zero-order chi connectivity index (χ0) is 13.4. The number of benzene rings is 1. The number of hydrogen-bond donors (Lipinski definition) is 1. The molecule has 1 heterocycles. The Hall–Kier alpha value is -1.46. The third kappa shape index (κ3) is 2.48. The number of fused-ring (bicyclic) bond motifs is 1. The van der Waals surface area contributed by atoms with E-state index < -0.39 is 5.97 Å². The molecule has 1 aliphatic rings. The molecule has 1 N–H and O–H groups in total. The Morgan fingerprint density at radius 3 is 2.95 bits per heavy atom. The number of carbonyl (C=O) groups is 1. The Labute approximate surface area is 113 Å². The second kappa shape index (κ2) is 4.90. The molecule has 0 unspecified atom stereocenters. The molecular weight excluding hydrogens is 267 g/mol. The van der Waals surface area contributed by atoms with Gasteiger partial charge in [-0.15, -0.1) is 11.3 Å². The van der Waals surface area contributed by atoms with E-state index in [0.29, 0.717) is 28.2 Å². The van der Waals surface area contributed by atoms with Crippen LogP contribution in [-0.2, 0) is 11.3 Å². The van der Waals surface area contributed by atoms with Crippen molar-refractivity contribution in [1.29, 1.82) is 0 Å². The van der Waals surface area contributed by atoms with E-state index in [1.165, 1.54) is 18.9 Å². The van der Waals surface area contributed by atoms with Gasteiger partial charge in [0, 0.05) is 22.3 Å². The first kappa shape index (κ1) is 12.6. The molecule has 2 aromatic rings. The number of ether oxygens (including phenoxy) is 1. The Balaban J connectivity index is 1.97. The van der Waals surface area contributed by atoms with Gasteiger partial charge >= 0.3 is 5.97 Å². The maximum atomic E-state index is 13.9. The molecule has 3 rings (SSSR count). The highest BCUT2D eigenvalue weighted by atomic mass is 32.1. The van der Waals surface area contributed by atoms with Crippen LogP contribution in [0.25, 0.3) is 10.1 Å². The van der Waals surface area contributed by atoms with Gasteiger partial charge in [-0.05, 0) is 30.9 Å². The molecule has 3 nitrogen and oxygen atoms in total. The molecule has 100 valence electrons. The lowest BCUT2D eigenvalue weighted by atomic mass is 10.1. The minimum absolute atomic E-state index is 0.166. The predicted octanol–water partition coefficient (Wildman–Crippen LogP) is 3.67. The first-order valence-electron chi connectivity index (χ1n) is 6.17. The van der Waals surface area contributed by atoms with E-state index in [1.54, 1.807) is 12.1 Å². The Bertz CT molecular complexity index is 631. The van der Waals surface area contributed by atoms with Crippen molar-refractivity contribution >= 4 is 27.4 Å². The van der Waals surface area contributed by atoms with E-state index >= 15 is 0 Å². The van der Waals surface area contributed by atoms with E-state index in [2.05, 4.69) is 0 Å². The SMILES string of the molecule is O=C(O)c1sc2cccc(F)c2c1COCC1CC1. The smallest absolute Gasteiger partial charge is 0.346 e. The van der Waals surface area contributed by atoms with Crippen LogP contribution in [0.2, 0.25) is 0 Å². The fourth-order valence-corrected chi connectivity index (χ4v) is 3.15. The van der Waals surface area contributed by atoms with Crippen molar-refractivity contribution in [3.63, 3.8) is 0 Å². The zero-order valence-corrected chi connectivity index (χ0v) is 11.0. The van der Waals surface area contributed by atoms with Gasteiger partial charge in [-0.25, -0.2) is 9.18 Å². The van der Waals surface area contributed by atoms with Gasteiger partial charge in [-0.3, -0.25) is 0 Å². The third-order valence-corrected chi connectivity index (χ3v) is 4.44. The summed E-state index contributed by atoms with van der Waals surface area (Å²) < 4.78 is 20.1. The second-order valence-corrected chi connectivity index (χ2v) is 5.84. The number of rotatable bonds is 5. The fourth-order valence-electron chi connectivity index (χ4n) is 2.09. The van der Waals surface area contributed by atoms with Crippen molar-refractivity contribution in [2.45, 2.75) is 19.4 Å². The summed E-state index contributed by atoms with van der Waals surface area (Å²) in [5, 5.41) is 9.60. The van der Waals surface area contributed by atoms with E-state index in [0.717, 1.165) is 11.3 Å². The normalized spacial score (nSPS) is 15.0. The summed E-state index contributed by atoms with van der Waals surface area (Å²) in [6, 6.07) is 4.68. The highest BCUT2D eigenvalue weighted by Gasteiger charge is 2.23. The summed E-state index contributed by atoms with van der Waals surface area (Å²) in [5.41, 5.74) is 0.464. The minimum Gasteiger partial charge on any atom is -0.477 e. The molecule has 1 aromatic carbocycles. The van der Waals surface area contributed by atoms with Crippen LogP contribution in [0.1, 0.15) is 28.1 Å². The summed E-state index contributed by atoms with van der Waals surface area (Å²) in [6.07, 6.45) is 2.34. The summed E-state index contributed by atoms with van der Waals surface area (Å²) >= 11 is 1.10. The van der Waals surface area contributed by atoms with E-state index in [4.69, 9.17) is 4.74 Å². The molecule has 0 aliphatic heterocycles. The number of aromatic carboxylic acids is 1. The first-order chi connectivity index (χ1) is 9.16. The number of carboxylic acids is 1. The maximum absolute atomic E-state index is 13.9. The number of thiophene rings is 1. The Kier molecular flexibility index (Phi) is 3.24. The van der Waals surface area contributed by atoms with Crippen molar-refractivity contribution in [3.8, 4) is 0 Å². The van der Waals surface area contributed by atoms with E-state index in [-0.39, 0.29) is 17.3 Å². The van der Waals surface area contributed by atoms with Gasteiger partial charge in [-0.1, -0.05) is 6.07 Å². The van der Waals surface area contributed by atoms with Crippen LogP contribution >= 0.6 is 11.3 Å². The lowest BCUT2D eigenvalue weighted by molar-refractivity contribution is 0.0692. The van der Waals surface area contributed by atoms with Crippen molar-refractivity contribution < 1.29 is 19.0 Å². The Morgan fingerprint density at radius 2 is 2.26 bits per heavy atom. The molecule has 0 spiro atoms. The standard InChI is InChI=1S/C14H13FO3S/c15-10-2-1-3-11-12(10)9(13(19-11)14(16)17)7-18-6-8-4-5-8/h1-3,8H,4-7H2,(H,16,17). The van der Waals surface area contributed by atoms with E-state index in [9.17, 15) is 14.3 Å². The van der Waals surface area contributed by atoms with Crippen LogP contribution < -0.4 is 0 Å². The molecule has 1 saturated carbocycles. The lowest BCUT2D eigenvalue weighted by Crippen LogP contribution is -2.02. The number of hydrogen-bond acceptors (Lipinski definition) is 3. The predicted molar refractivity (Wildman–Crippen MR) is 71.1 cm³/mol. The van der Waals surface area contributed by atoms with Gasteiger partial charge in [-0.2, -0.15) is 0 Å². The molecule has 0 atom stereocenters. The molecule has 1 aromatic heterocycles. The van der Waals surface area contributed by atoms with Gasteiger partial charge in [0.2, 0.25) is 0 Å². The highest BCUT2D eigenvalue weighted by Crippen LogP contribution is 2.35. The van der Waals surface area contributed by atoms with Crippen LogP contribution in [0.4, 0.5) is 4.39 Å². The Morgan fingerprint density at radius 1 is 1.47 bits per heavy atom. The highest BCUT2D eigenvalue weighted by molar-refractivity contribution is 7.21. The first-order valence-corrected chi connectivity index (χ1v) is 6.99. The largest absolute Gasteiger partial charge is 0.477 e. The minimum atomic E-state index is -1.02. The summed E-state index contributed by atoms with van der Waals surface area (Å²) in [4.78, 5) is 11.4. The van der Waals surface area contributed by atoms with Crippen molar-refractivity contribution in [3.05, 3.63) is 34.5 Å². The monoisotopic (exact) mass is 280 g/mol. The molecule has 1 fully saturated rings. The average molecular weight is 280 g/mol. The van der Waals surface area contributed by atoms with Gasteiger partial charge < -0.3 is 9.84 Å². The maximum Gasteiger partial charge on any atom is 0.346 e. The number of halogens is 1. The van der Waals surface area contributed by atoms with Gasteiger partial charge in [0.15, 0.2) is 0 Å². The number of carboxylic acid groups (broad SMARTS) is 1. The van der Waals surface area contributed by atoms with Crippen molar-refractivity contribution in [2.75, 3.05) is 6.61 Å². The summed E-state index contributed by atoms with van der Waals surface area (Å²) in [5.74, 6) is -0.806. The zero-order valence-electron chi connectivity index (χ0n) is 10.2. The topological polar surface area (TPSA) is 46.5 Å². The van der Waals surface area contributed by atoms with Crippen molar-refractivity contribution in [2.24, 2.45) is 5.92 Å². The van der Waals surface area contributed by atoms with Gasteiger partial charge in [0.1, 0.15) is 10.7 Å². The average Bonchev–Trinajstić information content (AvgIpc) is 3.10. The van der Waals surface area contributed by atoms with Crippen LogP contribution in [0, 0.1) is 11.7 Å². The van der Waals surface area contributed by atoms with E-state index in [1.807, 2.05) is 0 Å². The molecule has 5 heteroatoms. The quantitative estimate of drug-likeness (QED) is 0.909. The second-order valence-electron chi connectivity index (χ2n) is 4.79. The lowest BCUT2D eigenvalue weighted by Gasteiger charge is -2.04. The summed E-state index contributed by atoms with van der Waals surface area (Å²) in [6.45, 7) is 0.796. The van der Waals surface area contributed by atoms with Crippen LogP contribution in [0.5, 0.6) is 0 Å². The van der Waals surface area contributed by atoms with Gasteiger partial charge in [0.25, 0.3) is 0 Å². The summed E-state index contributed by atoms with van der Waals surface area (Å²) in [7, 11) is 0. The molecular formula is C14H13FO3S. The molecule has 0 saturated heterocycles. The molecule has 0 radical (unpaired) electrons. The van der Waals surface area contributed by atoms with Crippen molar-refractivity contribution in [1.82, 2.24) is 0 Å². The van der Waals surface area contributed by atoms with Gasteiger partial charge in [0.05, 0.1) is 6.61 Å². The van der Waals surface area contributed by atoms with Crippen LogP contribution in [-0.4, -0.2) is 17.7 Å². The van der Waals surface area contributed by atoms with Crippen LogP contribution in [0.3, 0.4) is 0 Å². The molecule has 19 heavy (non-hydrogen) atoms. The van der Waals surface area contributed by atoms with Crippen LogP contribution in [0.15, 0.2) is 18.2 Å². The third-order valence-electron chi connectivity index (χ3n) is 3.25. The fraction of sp³-hybridized carbons (Fsp3) is 0.357. The molecule has 0 amide bonds. The molecule has 0 bridgehead atoms. The molecule has 1 aliphatic carbocycles.